The molecule has 13 heteroatoms. The van der Waals surface area contributed by atoms with Crippen molar-refractivity contribution in [2.45, 2.75) is 12.3 Å². The van der Waals surface area contributed by atoms with E-state index in [1.54, 1.807) is 6.07 Å². The lowest BCUT2D eigenvalue weighted by molar-refractivity contribution is -0.134. The fourth-order valence-corrected chi connectivity index (χ4v) is 4.47. The first-order chi connectivity index (χ1) is 16.6. The van der Waals surface area contributed by atoms with Gasteiger partial charge < -0.3 is 20.0 Å². The fourth-order valence-electron chi connectivity index (χ4n) is 4.18. The molecule has 1 aromatic carbocycles. The van der Waals surface area contributed by atoms with E-state index in [-0.39, 0.29) is 41.7 Å². The van der Waals surface area contributed by atoms with Crippen LogP contribution in [-0.4, -0.2) is 63.8 Å². The van der Waals surface area contributed by atoms with Gasteiger partial charge in [-0.2, -0.15) is 18.3 Å². The molecule has 0 spiro atoms. The molecule has 0 bridgehead atoms. The van der Waals surface area contributed by atoms with Crippen LogP contribution in [0.5, 0.6) is 0 Å². The summed E-state index contributed by atoms with van der Waals surface area (Å²) in [6.45, 7) is -0.329. The maximum Gasteiger partial charge on any atom is 0.416 e. The largest absolute Gasteiger partial charge is 0.416 e. The number of hydrogen-bond acceptors (Lipinski definition) is 5. The van der Waals surface area contributed by atoms with Crippen LogP contribution in [0.4, 0.5) is 23.2 Å². The minimum atomic E-state index is -4.71. The van der Waals surface area contributed by atoms with E-state index in [2.05, 4.69) is 15.5 Å². The predicted octanol–water partition coefficient (Wildman–Crippen LogP) is 2.91. The van der Waals surface area contributed by atoms with E-state index in [0.717, 1.165) is 11.0 Å². The van der Waals surface area contributed by atoms with Gasteiger partial charge in [-0.1, -0.05) is 23.7 Å². The molecule has 35 heavy (non-hydrogen) atoms. The van der Waals surface area contributed by atoms with E-state index in [1.807, 2.05) is 0 Å². The van der Waals surface area contributed by atoms with Gasteiger partial charge in [-0.3, -0.25) is 14.7 Å². The normalized spacial score (nSPS) is 20.5. The van der Waals surface area contributed by atoms with Crippen molar-refractivity contribution in [2.24, 2.45) is 0 Å². The third kappa shape index (κ3) is 4.03. The second-order valence-corrected chi connectivity index (χ2v) is 8.37. The Labute approximate surface area is 201 Å². The first-order valence-corrected chi connectivity index (χ1v) is 10.8. The number of alkyl halides is 3. The van der Waals surface area contributed by atoms with E-state index in [0.29, 0.717) is 5.56 Å². The molecule has 1 saturated heterocycles. The van der Waals surface area contributed by atoms with Crippen molar-refractivity contribution in [3.63, 3.8) is 0 Å². The number of fused-ring (bicyclic) bond motifs is 1. The zero-order valence-corrected chi connectivity index (χ0v) is 18.6. The standard InChI is InChI=1S/C22H17ClF4N6O2/c23-19-18(21(35)31-5-6-32(17(34)11-31)16-4-2-1-3-15(16)24)30-20-14(22(25,26)27)7-12(10-33(19)20)13-8-28-29-9-13/h1-4,7-10,20,30H,5-6,11H2,(H,28,29). The molecular formula is C22H17ClF4N6O2. The number of H-pyrrole nitrogens is 1. The molecule has 1 fully saturated rings. The van der Waals surface area contributed by atoms with Gasteiger partial charge in [-0.15, -0.1) is 0 Å². The van der Waals surface area contributed by atoms with Crippen LogP contribution in [0.2, 0.25) is 0 Å². The summed E-state index contributed by atoms with van der Waals surface area (Å²) >= 11 is 6.38. The molecule has 2 aromatic rings. The molecule has 0 aliphatic carbocycles. The number of nitrogens with zero attached hydrogens (tertiary/aromatic N) is 4. The topological polar surface area (TPSA) is 84.6 Å². The number of benzene rings is 1. The number of halogens is 5. The number of para-hydroxylation sites is 1. The molecule has 1 unspecified atom stereocenters. The number of piperazine rings is 1. The minimum absolute atomic E-state index is 0.0157. The molecule has 2 N–H and O–H groups in total. The van der Waals surface area contributed by atoms with Gasteiger partial charge in [-0.05, 0) is 18.2 Å². The Hall–Kier alpha value is -3.80. The molecule has 4 heterocycles. The van der Waals surface area contributed by atoms with E-state index in [1.165, 1.54) is 46.6 Å². The van der Waals surface area contributed by atoms with Crippen LogP contribution in [0.15, 0.2) is 65.4 Å². The van der Waals surface area contributed by atoms with Crippen LogP contribution >= 0.6 is 11.6 Å². The Morgan fingerprint density at radius 3 is 2.63 bits per heavy atom. The third-order valence-electron chi connectivity index (χ3n) is 5.90. The second kappa shape index (κ2) is 8.45. The van der Waals surface area contributed by atoms with E-state index >= 15 is 0 Å². The number of anilines is 1. The minimum Gasteiger partial charge on any atom is -0.354 e. The van der Waals surface area contributed by atoms with Gasteiger partial charge in [0.05, 0.1) is 17.5 Å². The summed E-state index contributed by atoms with van der Waals surface area (Å²) in [6, 6.07) is 5.76. The maximum atomic E-state index is 14.1. The average Bonchev–Trinajstić information content (AvgIpc) is 3.47. The Morgan fingerprint density at radius 1 is 1.20 bits per heavy atom. The summed E-state index contributed by atoms with van der Waals surface area (Å²) in [6.07, 6.45) is -1.01. The first-order valence-electron chi connectivity index (χ1n) is 10.4. The number of nitrogens with one attached hydrogen (secondary N) is 2. The first kappa shape index (κ1) is 23.0. The summed E-state index contributed by atoms with van der Waals surface area (Å²) in [7, 11) is 0. The fraction of sp³-hybridized carbons (Fsp3) is 0.227. The Morgan fingerprint density at radius 2 is 1.97 bits per heavy atom. The van der Waals surface area contributed by atoms with Crippen molar-refractivity contribution in [3.8, 4) is 0 Å². The highest BCUT2D eigenvalue weighted by Gasteiger charge is 2.48. The zero-order valence-electron chi connectivity index (χ0n) is 17.8. The van der Waals surface area contributed by atoms with Gasteiger partial charge >= 0.3 is 6.18 Å². The smallest absolute Gasteiger partial charge is 0.354 e. The molecule has 8 nitrogen and oxygen atoms in total. The number of amides is 2. The molecule has 0 saturated carbocycles. The van der Waals surface area contributed by atoms with Crippen LogP contribution in [0.3, 0.4) is 0 Å². The molecule has 1 aromatic heterocycles. The molecule has 1 atom stereocenters. The number of allylic oxidation sites excluding steroid dienone is 2. The highest BCUT2D eigenvalue weighted by Crippen LogP contribution is 2.41. The highest BCUT2D eigenvalue weighted by molar-refractivity contribution is 6.32. The van der Waals surface area contributed by atoms with Crippen molar-refractivity contribution in [3.05, 3.63) is 76.7 Å². The molecule has 0 radical (unpaired) electrons. The third-order valence-corrected chi connectivity index (χ3v) is 6.28. The number of aromatic amines is 1. The average molecular weight is 509 g/mol. The van der Waals surface area contributed by atoms with Gasteiger partial charge in [0.2, 0.25) is 5.91 Å². The SMILES string of the molecule is O=C(C1=C(Cl)N2C=C(c3cn[nH]c3)C=C(C(F)(F)F)C2N1)N1CCN(c2ccccc2F)C(=O)C1. The van der Waals surface area contributed by atoms with Gasteiger partial charge in [0.1, 0.15) is 29.4 Å². The van der Waals surface area contributed by atoms with Crippen LogP contribution in [0, 0.1) is 5.82 Å². The van der Waals surface area contributed by atoms with Crippen LogP contribution in [0.1, 0.15) is 5.56 Å². The van der Waals surface area contributed by atoms with Crippen LogP contribution in [0.25, 0.3) is 5.57 Å². The Bertz CT molecular complexity index is 1290. The molecule has 3 aliphatic heterocycles. The van der Waals surface area contributed by atoms with Crippen LogP contribution < -0.4 is 10.2 Å². The van der Waals surface area contributed by atoms with Crippen molar-refractivity contribution in [1.82, 2.24) is 25.3 Å². The Balaban J connectivity index is 1.40. The second-order valence-electron chi connectivity index (χ2n) is 8.01. The van der Waals surface area contributed by atoms with Gasteiger partial charge in [0.25, 0.3) is 5.91 Å². The summed E-state index contributed by atoms with van der Waals surface area (Å²) in [5.74, 6) is -1.83. The monoisotopic (exact) mass is 508 g/mol. The van der Waals surface area contributed by atoms with Crippen molar-refractivity contribution in [1.29, 1.82) is 0 Å². The summed E-state index contributed by atoms with van der Waals surface area (Å²) in [5, 5.41) is 8.64. The van der Waals surface area contributed by atoms with Gasteiger partial charge in [0.15, 0.2) is 0 Å². The van der Waals surface area contributed by atoms with Gasteiger partial charge in [-0.25, -0.2) is 4.39 Å². The summed E-state index contributed by atoms with van der Waals surface area (Å²) < 4.78 is 55.7. The quantitative estimate of drug-likeness (QED) is 0.492. The van der Waals surface area contributed by atoms with E-state index < -0.39 is 35.5 Å². The molecule has 182 valence electrons. The van der Waals surface area contributed by atoms with E-state index in [4.69, 9.17) is 11.6 Å². The molecule has 2 amide bonds. The molecular weight excluding hydrogens is 492 g/mol. The lowest BCUT2D eigenvalue weighted by Crippen LogP contribution is -2.54. The summed E-state index contributed by atoms with van der Waals surface area (Å²) in [5.41, 5.74) is -0.509. The lowest BCUT2D eigenvalue weighted by atomic mass is 10.0. The number of carbonyl (C=O) groups excluding carboxylic acids is 2. The van der Waals surface area contributed by atoms with Crippen molar-refractivity contribution < 1.29 is 27.2 Å². The van der Waals surface area contributed by atoms with Crippen molar-refractivity contribution in [2.75, 3.05) is 24.5 Å². The van der Waals surface area contributed by atoms with Crippen LogP contribution in [-0.2, 0) is 9.59 Å². The van der Waals surface area contributed by atoms with Gasteiger partial charge in [0, 0.05) is 36.6 Å². The number of aromatic nitrogens is 2. The lowest BCUT2D eigenvalue weighted by Gasteiger charge is -2.34. The number of hydrogen-bond donors (Lipinski definition) is 2. The zero-order chi connectivity index (χ0) is 24.9. The predicted molar refractivity (Wildman–Crippen MR) is 118 cm³/mol. The van der Waals surface area contributed by atoms with Crippen molar-refractivity contribution >= 4 is 34.7 Å². The molecule has 5 rings (SSSR count). The maximum absolute atomic E-state index is 14.1. The molecule has 3 aliphatic rings. The Kier molecular flexibility index (Phi) is 5.55. The number of rotatable bonds is 3. The highest BCUT2D eigenvalue weighted by atomic mass is 35.5. The van der Waals surface area contributed by atoms with E-state index in [9.17, 15) is 27.2 Å². The number of carbonyl (C=O) groups is 2. The summed E-state index contributed by atoms with van der Waals surface area (Å²) in [4.78, 5) is 29.4.